The molecule has 0 aliphatic carbocycles. The summed E-state index contributed by atoms with van der Waals surface area (Å²) in [6.07, 6.45) is 8.82. The molecule has 106 valence electrons. The van der Waals surface area contributed by atoms with E-state index in [1.54, 1.807) is 0 Å². The summed E-state index contributed by atoms with van der Waals surface area (Å²) in [6.45, 7) is 3.36. The summed E-state index contributed by atoms with van der Waals surface area (Å²) >= 11 is 0. The van der Waals surface area contributed by atoms with Gasteiger partial charge in [0.15, 0.2) is 10.0 Å². The highest BCUT2D eigenvalue weighted by atomic mass is 32.2. The second-order valence-corrected chi connectivity index (χ2v) is 5.09. The maximum Gasteiger partial charge on any atom is 0.479 e. The Morgan fingerprint density at radius 2 is 1.89 bits per heavy atom. The second-order valence-electron chi connectivity index (χ2n) is 3.62. The molecule has 9 heteroatoms. The molecule has 5 nitrogen and oxygen atoms in total. The van der Waals surface area contributed by atoms with Crippen molar-refractivity contribution < 1.29 is 26.2 Å². The molecule has 0 unspecified atom stereocenters. The number of alkyl halides is 3. The number of hydrogen-bond acceptors (Lipinski definition) is 2. The van der Waals surface area contributed by atoms with Crippen LogP contribution in [0.25, 0.3) is 5.14 Å². The summed E-state index contributed by atoms with van der Waals surface area (Å²) in [7, 11) is -3.55. The van der Waals surface area contributed by atoms with Crippen molar-refractivity contribution >= 4 is 10.0 Å². The molecular weight excluding hydrogens is 271 g/mol. The number of rotatable bonds is 3. The molecule has 0 aliphatic rings. The summed E-state index contributed by atoms with van der Waals surface area (Å²) in [5.41, 5.74) is -5.42. The Labute approximate surface area is 104 Å². The SMILES string of the molecule is CCCCn1cc[n+](C)c1.[NH-]S(=O)(=O)C(F)(F)F. The third-order valence-corrected chi connectivity index (χ3v) is 2.51. The number of aryl methyl sites for hydroxylation is 2. The normalized spacial score (nSPS) is 11.9. The fourth-order valence-electron chi connectivity index (χ4n) is 0.975. The lowest BCUT2D eigenvalue weighted by Crippen LogP contribution is -2.23. The molecule has 18 heavy (non-hydrogen) atoms. The number of nitrogens with zero attached hydrogens (tertiary/aromatic N) is 2. The van der Waals surface area contributed by atoms with E-state index >= 15 is 0 Å². The first kappa shape index (κ1) is 16.9. The Morgan fingerprint density at radius 1 is 1.39 bits per heavy atom. The number of aromatic nitrogens is 2. The quantitative estimate of drug-likeness (QED) is 0.798. The zero-order valence-electron chi connectivity index (χ0n) is 10.1. The van der Waals surface area contributed by atoms with E-state index in [9.17, 15) is 21.6 Å². The molecular formula is C9H16F3N3O2S. The van der Waals surface area contributed by atoms with Gasteiger partial charge in [-0.1, -0.05) is 13.3 Å². The number of unbranched alkanes of at least 4 members (excludes halogenated alkanes) is 1. The maximum atomic E-state index is 10.8. The fraction of sp³-hybridized carbons (Fsp3) is 0.667. The largest absolute Gasteiger partial charge is 0.556 e. The highest BCUT2D eigenvalue weighted by molar-refractivity contribution is 7.93. The number of sulfonamides is 1. The molecule has 0 fully saturated rings. The monoisotopic (exact) mass is 287 g/mol. The summed E-state index contributed by atoms with van der Waals surface area (Å²) in [4.78, 5) is 0. The molecule has 0 aliphatic heterocycles. The van der Waals surface area contributed by atoms with E-state index in [0.717, 1.165) is 6.54 Å². The van der Waals surface area contributed by atoms with Crippen LogP contribution < -0.4 is 4.57 Å². The molecule has 1 aromatic rings. The minimum absolute atomic E-state index is 1.15. The standard InChI is InChI=1S/C8H15N2.CHF3NO2S/c1-3-4-5-10-7-6-9(2)8-10;2-1(3,4)8(5,6)7/h6-8H,3-5H2,1-2H3;(H-,5,6,7)/q+1;-1. The molecule has 0 aromatic carbocycles. The first-order chi connectivity index (χ1) is 8.08. The zero-order valence-corrected chi connectivity index (χ0v) is 10.9. The molecule has 0 saturated carbocycles. The van der Waals surface area contributed by atoms with Crippen LogP contribution in [0.5, 0.6) is 0 Å². The Bertz CT molecular complexity index is 454. The van der Waals surface area contributed by atoms with E-state index in [2.05, 4.69) is 34.8 Å². The van der Waals surface area contributed by atoms with Crippen molar-refractivity contribution in [3.63, 3.8) is 0 Å². The Balaban J connectivity index is 0.000000331. The van der Waals surface area contributed by atoms with Crippen molar-refractivity contribution in [3.05, 3.63) is 23.9 Å². The highest BCUT2D eigenvalue weighted by Gasteiger charge is 2.36. The highest BCUT2D eigenvalue weighted by Crippen LogP contribution is 2.22. The summed E-state index contributed by atoms with van der Waals surface area (Å²) < 4.78 is 55.0. The van der Waals surface area contributed by atoms with Crippen molar-refractivity contribution in [3.8, 4) is 0 Å². The molecule has 0 atom stereocenters. The molecule has 1 N–H and O–H groups in total. The second kappa shape index (κ2) is 6.74. The van der Waals surface area contributed by atoms with Crippen molar-refractivity contribution in [1.82, 2.24) is 4.57 Å². The zero-order chi connectivity index (χ0) is 14.4. The minimum atomic E-state index is -5.59. The van der Waals surface area contributed by atoms with Gasteiger partial charge in [-0.05, 0) is 6.42 Å². The third kappa shape index (κ3) is 6.60. The molecule has 0 bridgehead atoms. The fourth-order valence-corrected chi connectivity index (χ4v) is 0.975. The van der Waals surface area contributed by atoms with E-state index in [1.165, 1.54) is 12.8 Å². The van der Waals surface area contributed by atoms with Crippen molar-refractivity contribution in [2.24, 2.45) is 7.05 Å². The smallest absolute Gasteiger partial charge is 0.479 e. The van der Waals surface area contributed by atoms with Crippen LogP contribution in [-0.4, -0.2) is 18.5 Å². The molecule has 0 spiro atoms. The van der Waals surface area contributed by atoms with Gasteiger partial charge in [0.2, 0.25) is 6.33 Å². The first-order valence-electron chi connectivity index (χ1n) is 5.15. The number of nitrogens with one attached hydrogen (secondary N) is 1. The van der Waals surface area contributed by atoms with E-state index in [-0.39, 0.29) is 0 Å². The van der Waals surface area contributed by atoms with Gasteiger partial charge in [-0.15, -0.1) is 0 Å². The lowest BCUT2D eigenvalue weighted by atomic mass is 10.3. The van der Waals surface area contributed by atoms with Crippen molar-refractivity contribution in [2.75, 3.05) is 0 Å². The van der Waals surface area contributed by atoms with E-state index < -0.39 is 15.5 Å². The summed E-state index contributed by atoms with van der Waals surface area (Å²) in [6, 6.07) is 0. The summed E-state index contributed by atoms with van der Waals surface area (Å²) in [5, 5.41) is 5.43. The van der Waals surface area contributed by atoms with Gasteiger partial charge < -0.3 is 5.14 Å². The molecule has 0 saturated heterocycles. The van der Waals surface area contributed by atoms with Gasteiger partial charge in [-0.25, -0.2) is 17.6 Å². The van der Waals surface area contributed by atoms with Crippen LogP contribution in [0.15, 0.2) is 18.7 Å². The number of hydrogen-bond donors (Lipinski definition) is 0. The molecule has 0 radical (unpaired) electrons. The van der Waals surface area contributed by atoms with Crippen LogP contribution in [0.2, 0.25) is 0 Å². The van der Waals surface area contributed by atoms with Crippen LogP contribution in [-0.2, 0) is 23.6 Å². The van der Waals surface area contributed by atoms with Crippen molar-refractivity contribution in [2.45, 2.75) is 31.8 Å². The van der Waals surface area contributed by atoms with Gasteiger partial charge in [-0.3, -0.25) is 0 Å². The molecule has 1 heterocycles. The van der Waals surface area contributed by atoms with Gasteiger partial charge in [0.1, 0.15) is 12.4 Å². The topological polar surface area (TPSA) is 66.8 Å². The Kier molecular flexibility index (Phi) is 6.33. The molecule has 1 aromatic heterocycles. The van der Waals surface area contributed by atoms with E-state index in [1.807, 2.05) is 7.05 Å². The van der Waals surface area contributed by atoms with Gasteiger partial charge in [0.25, 0.3) is 0 Å². The van der Waals surface area contributed by atoms with Crippen LogP contribution in [0, 0.1) is 0 Å². The number of imidazole rings is 1. The average Bonchev–Trinajstić information content (AvgIpc) is 2.59. The van der Waals surface area contributed by atoms with Gasteiger partial charge in [0.05, 0.1) is 13.6 Å². The third-order valence-electron chi connectivity index (χ3n) is 1.90. The van der Waals surface area contributed by atoms with Gasteiger partial charge in [-0.2, -0.15) is 13.2 Å². The summed E-state index contributed by atoms with van der Waals surface area (Å²) in [5.74, 6) is 0. The number of halogens is 3. The lowest BCUT2D eigenvalue weighted by molar-refractivity contribution is -0.671. The van der Waals surface area contributed by atoms with Crippen LogP contribution in [0.4, 0.5) is 13.2 Å². The average molecular weight is 287 g/mol. The lowest BCUT2D eigenvalue weighted by Gasteiger charge is -2.07. The molecule has 0 amide bonds. The predicted molar refractivity (Wildman–Crippen MR) is 59.8 cm³/mol. The van der Waals surface area contributed by atoms with Crippen LogP contribution >= 0.6 is 0 Å². The van der Waals surface area contributed by atoms with E-state index in [4.69, 9.17) is 5.14 Å². The van der Waals surface area contributed by atoms with Crippen molar-refractivity contribution in [1.29, 1.82) is 0 Å². The van der Waals surface area contributed by atoms with Gasteiger partial charge in [0, 0.05) is 0 Å². The van der Waals surface area contributed by atoms with E-state index in [0.29, 0.717) is 0 Å². The first-order valence-corrected chi connectivity index (χ1v) is 6.63. The van der Waals surface area contributed by atoms with Crippen LogP contribution in [0.1, 0.15) is 19.8 Å². The molecule has 1 rings (SSSR count). The van der Waals surface area contributed by atoms with Gasteiger partial charge >= 0.3 is 5.51 Å². The Morgan fingerprint density at radius 3 is 2.17 bits per heavy atom. The predicted octanol–water partition coefficient (Wildman–Crippen LogP) is 2.00. The Hall–Kier alpha value is -1.09. The van der Waals surface area contributed by atoms with Crippen LogP contribution in [0.3, 0.4) is 0 Å². The maximum absolute atomic E-state index is 10.8. The minimum Gasteiger partial charge on any atom is -0.556 e.